The standard InChI is InChI=1S/C17H24N4O/c1-13-7-10-20(11-8-13)17(22)16-14(12-19(2)3)21-9-5-4-6-15(21)18-16/h4-6,9,13H,7-8,10-12H2,1-3H3. The normalized spacial score (nSPS) is 16.6. The van der Waals surface area contributed by atoms with Gasteiger partial charge in [0.1, 0.15) is 5.65 Å². The number of likely N-dealkylation sites (tertiary alicyclic amines) is 1. The molecule has 1 aliphatic rings. The van der Waals surface area contributed by atoms with Gasteiger partial charge in [0.25, 0.3) is 5.91 Å². The van der Waals surface area contributed by atoms with Gasteiger partial charge in [0.05, 0.1) is 5.69 Å². The number of hydrogen-bond acceptors (Lipinski definition) is 3. The number of fused-ring (bicyclic) bond motifs is 1. The summed E-state index contributed by atoms with van der Waals surface area (Å²) in [5.41, 5.74) is 2.42. The smallest absolute Gasteiger partial charge is 0.274 e. The molecule has 5 heteroatoms. The predicted octanol–water partition coefficient (Wildman–Crippen LogP) is 2.27. The highest BCUT2D eigenvalue weighted by Crippen LogP contribution is 2.21. The van der Waals surface area contributed by atoms with Gasteiger partial charge in [-0.25, -0.2) is 4.98 Å². The SMILES string of the molecule is CC1CCN(C(=O)c2nc3ccccn3c2CN(C)C)CC1. The van der Waals surface area contributed by atoms with Crippen molar-refractivity contribution < 1.29 is 4.79 Å². The fourth-order valence-electron chi connectivity index (χ4n) is 3.03. The van der Waals surface area contributed by atoms with Crippen molar-refractivity contribution in [3.8, 4) is 0 Å². The zero-order chi connectivity index (χ0) is 15.7. The van der Waals surface area contributed by atoms with Crippen LogP contribution in [0.2, 0.25) is 0 Å². The lowest BCUT2D eigenvalue weighted by Gasteiger charge is -2.30. The van der Waals surface area contributed by atoms with E-state index in [4.69, 9.17) is 0 Å². The maximum atomic E-state index is 12.9. The van der Waals surface area contributed by atoms with Gasteiger partial charge < -0.3 is 14.2 Å². The molecular weight excluding hydrogens is 276 g/mol. The number of aromatic nitrogens is 2. The van der Waals surface area contributed by atoms with Crippen LogP contribution in [0.3, 0.4) is 0 Å². The first kappa shape index (κ1) is 15.0. The molecule has 1 amide bonds. The third-order valence-corrected chi connectivity index (χ3v) is 4.37. The lowest BCUT2D eigenvalue weighted by atomic mass is 9.99. The number of piperidine rings is 1. The van der Waals surface area contributed by atoms with E-state index < -0.39 is 0 Å². The highest BCUT2D eigenvalue weighted by Gasteiger charge is 2.26. The van der Waals surface area contributed by atoms with Gasteiger partial charge in [-0.15, -0.1) is 0 Å². The first-order valence-corrected chi connectivity index (χ1v) is 7.96. The lowest BCUT2D eigenvalue weighted by Crippen LogP contribution is -2.38. The molecule has 0 aliphatic carbocycles. The minimum absolute atomic E-state index is 0.0763. The second-order valence-corrected chi connectivity index (χ2v) is 6.55. The second-order valence-electron chi connectivity index (χ2n) is 6.55. The van der Waals surface area contributed by atoms with E-state index in [0.717, 1.165) is 37.3 Å². The lowest BCUT2D eigenvalue weighted by molar-refractivity contribution is 0.0690. The topological polar surface area (TPSA) is 40.9 Å². The molecule has 1 fully saturated rings. The molecule has 0 aromatic carbocycles. The van der Waals surface area contributed by atoms with Crippen LogP contribution in [0.15, 0.2) is 24.4 Å². The van der Waals surface area contributed by atoms with Gasteiger partial charge in [-0.1, -0.05) is 13.0 Å². The Morgan fingerprint density at radius 2 is 2.05 bits per heavy atom. The van der Waals surface area contributed by atoms with Gasteiger partial charge in [-0.2, -0.15) is 0 Å². The van der Waals surface area contributed by atoms with Crippen LogP contribution >= 0.6 is 0 Å². The molecule has 0 N–H and O–H groups in total. The average molecular weight is 300 g/mol. The van der Waals surface area contributed by atoms with Crippen LogP contribution in [0.4, 0.5) is 0 Å². The highest BCUT2D eigenvalue weighted by molar-refractivity contribution is 5.94. The van der Waals surface area contributed by atoms with Crippen molar-refractivity contribution in [2.75, 3.05) is 27.2 Å². The fourth-order valence-corrected chi connectivity index (χ4v) is 3.03. The van der Waals surface area contributed by atoms with Crippen molar-refractivity contribution in [2.24, 2.45) is 5.92 Å². The number of pyridine rings is 1. The summed E-state index contributed by atoms with van der Waals surface area (Å²) in [4.78, 5) is 21.5. The summed E-state index contributed by atoms with van der Waals surface area (Å²) in [6, 6.07) is 5.89. The Labute approximate surface area is 131 Å². The van der Waals surface area contributed by atoms with Gasteiger partial charge in [0.15, 0.2) is 5.69 Å². The van der Waals surface area contributed by atoms with Crippen LogP contribution in [0.25, 0.3) is 5.65 Å². The molecule has 0 saturated carbocycles. The van der Waals surface area contributed by atoms with Gasteiger partial charge in [0, 0.05) is 25.8 Å². The molecule has 3 rings (SSSR count). The van der Waals surface area contributed by atoms with Gasteiger partial charge in [-0.05, 0) is 45.0 Å². The van der Waals surface area contributed by atoms with Gasteiger partial charge in [-0.3, -0.25) is 4.79 Å². The Morgan fingerprint density at radius 1 is 1.32 bits per heavy atom. The zero-order valence-electron chi connectivity index (χ0n) is 13.6. The molecule has 5 nitrogen and oxygen atoms in total. The van der Waals surface area contributed by atoms with Crippen LogP contribution in [-0.4, -0.2) is 52.3 Å². The first-order valence-electron chi connectivity index (χ1n) is 7.96. The summed E-state index contributed by atoms with van der Waals surface area (Å²) in [6.07, 6.45) is 4.15. The summed E-state index contributed by atoms with van der Waals surface area (Å²) >= 11 is 0. The molecule has 118 valence electrons. The molecule has 1 saturated heterocycles. The minimum Gasteiger partial charge on any atom is -0.337 e. The summed E-state index contributed by atoms with van der Waals surface area (Å²) in [5.74, 6) is 0.791. The summed E-state index contributed by atoms with van der Waals surface area (Å²) in [5, 5.41) is 0. The third-order valence-electron chi connectivity index (χ3n) is 4.37. The number of hydrogen-bond donors (Lipinski definition) is 0. The first-order chi connectivity index (χ1) is 10.6. The van der Waals surface area contributed by atoms with E-state index in [1.54, 1.807) is 0 Å². The van der Waals surface area contributed by atoms with Crippen molar-refractivity contribution in [1.82, 2.24) is 19.2 Å². The van der Waals surface area contributed by atoms with Gasteiger partial charge >= 0.3 is 0 Å². The van der Waals surface area contributed by atoms with Crippen LogP contribution in [0, 0.1) is 5.92 Å². The summed E-state index contributed by atoms with van der Waals surface area (Å²) < 4.78 is 2.03. The van der Waals surface area contributed by atoms with Crippen LogP contribution in [-0.2, 0) is 6.54 Å². The molecule has 0 bridgehead atoms. The molecular formula is C17H24N4O. The largest absolute Gasteiger partial charge is 0.337 e. The maximum Gasteiger partial charge on any atom is 0.274 e. The van der Waals surface area contributed by atoms with E-state index in [1.165, 1.54) is 0 Å². The Hall–Kier alpha value is -1.88. The molecule has 0 atom stereocenters. The molecule has 0 spiro atoms. The van der Waals surface area contributed by atoms with Crippen LogP contribution in [0.1, 0.15) is 35.9 Å². The number of carbonyl (C=O) groups is 1. The molecule has 0 radical (unpaired) electrons. The molecule has 2 aromatic rings. The third kappa shape index (κ3) is 2.86. The number of rotatable bonds is 3. The van der Waals surface area contributed by atoms with E-state index in [-0.39, 0.29) is 5.91 Å². The van der Waals surface area contributed by atoms with Crippen molar-refractivity contribution >= 4 is 11.6 Å². The maximum absolute atomic E-state index is 12.9. The zero-order valence-corrected chi connectivity index (χ0v) is 13.6. The summed E-state index contributed by atoms with van der Waals surface area (Å²) in [6.45, 7) is 4.64. The van der Waals surface area contributed by atoms with E-state index in [9.17, 15) is 4.79 Å². The van der Waals surface area contributed by atoms with Crippen LogP contribution in [0.5, 0.6) is 0 Å². The van der Waals surface area contributed by atoms with Crippen molar-refractivity contribution in [2.45, 2.75) is 26.3 Å². The Bertz CT molecular complexity index is 668. The molecule has 2 aromatic heterocycles. The quantitative estimate of drug-likeness (QED) is 0.873. The molecule has 0 unspecified atom stereocenters. The average Bonchev–Trinajstić information content (AvgIpc) is 2.86. The number of nitrogens with zero attached hydrogens (tertiary/aromatic N) is 4. The molecule has 1 aliphatic heterocycles. The Kier molecular flexibility index (Phi) is 4.16. The molecule has 3 heterocycles. The van der Waals surface area contributed by atoms with Crippen LogP contribution < -0.4 is 0 Å². The molecule has 22 heavy (non-hydrogen) atoms. The minimum atomic E-state index is 0.0763. The number of imidazole rings is 1. The van der Waals surface area contributed by atoms with Crippen molar-refractivity contribution in [3.05, 3.63) is 35.8 Å². The van der Waals surface area contributed by atoms with Crippen molar-refractivity contribution in [1.29, 1.82) is 0 Å². The highest BCUT2D eigenvalue weighted by atomic mass is 16.2. The Balaban J connectivity index is 1.96. The summed E-state index contributed by atoms with van der Waals surface area (Å²) in [7, 11) is 4.03. The predicted molar refractivity (Wildman–Crippen MR) is 86.9 cm³/mol. The Morgan fingerprint density at radius 3 is 2.73 bits per heavy atom. The van der Waals surface area contributed by atoms with E-state index in [2.05, 4.69) is 16.8 Å². The number of amides is 1. The van der Waals surface area contributed by atoms with E-state index >= 15 is 0 Å². The van der Waals surface area contributed by atoms with E-state index in [1.807, 2.05) is 47.8 Å². The van der Waals surface area contributed by atoms with Crippen molar-refractivity contribution in [3.63, 3.8) is 0 Å². The van der Waals surface area contributed by atoms with E-state index in [0.29, 0.717) is 18.2 Å². The second kappa shape index (κ2) is 6.08. The monoisotopic (exact) mass is 300 g/mol. The van der Waals surface area contributed by atoms with Gasteiger partial charge in [0.2, 0.25) is 0 Å². The fraction of sp³-hybridized carbons (Fsp3) is 0.529. The number of carbonyl (C=O) groups excluding carboxylic acids is 1.